The fourth-order valence-electron chi connectivity index (χ4n) is 2.12. The molecule has 1 fully saturated rings. The summed E-state index contributed by atoms with van der Waals surface area (Å²) in [6.07, 6.45) is 6.18. The summed E-state index contributed by atoms with van der Waals surface area (Å²) < 4.78 is 1.21. The lowest BCUT2D eigenvalue weighted by Gasteiger charge is -2.11. The molecule has 0 bridgehead atoms. The number of rotatable bonds is 2. The van der Waals surface area contributed by atoms with E-state index in [-0.39, 0.29) is 0 Å². The van der Waals surface area contributed by atoms with Crippen molar-refractivity contribution in [3.05, 3.63) is 24.3 Å². The van der Waals surface area contributed by atoms with E-state index in [1.54, 1.807) is 11.3 Å². The average molecular weight is 245 g/mol. The number of thiazole rings is 1. The molecule has 4 heteroatoms. The molecule has 0 aliphatic heterocycles. The quantitative estimate of drug-likeness (QED) is 0.811. The average Bonchev–Trinajstić information content (AvgIpc) is 2.80. The third-order valence-corrected chi connectivity index (χ3v) is 3.98. The maximum Gasteiger partial charge on any atom is 0.204 e. The molecule has 1 saturated carbocycles. The maximum atomic E-state index is 4.50. The molecule has 0 atom stereocenters. The van der Waals surface area contributed by atoms with E-state index in [0.717, 1.165) is 23.5 Å². The summed E-state index contributed by atoms with van der Waals surface area (Å²) in [6.45, 7) is 0. The summed E-state index contributed by atoms with van der Waals surface area (Å²) in [5.41, 5.74) is 5.43. The zero-order chi connectivity index (χ0) is 11.5. The first-order valence-corrected chi connectivity index (χ1v) is 6.90. The van der Waals surface area contributed by atoms with E-state index in [1.807, 2.05) is 18.2 Å². The van der Waals surface area contributed by atoms with Crippen LogP contribution in [-0.4, -0.2) is 10.7 Å². The lowest BCUT2D eigenvalue weighted by molar-refractivity contribution is 0.665. The molecule has 1 aliphatic rings. The highest BCUT2D eigenvalue weighted by atomic mass is 32.1. The number of nitrogens with zero attached hydrogens (tertiary/aromatic N) is 2. The van der Waals surface area contributed by atoms with Crippen LogP contribution in [0.25, 0.3) is 10.2 Å². The van der Waals surface area contributed by atoms with Gasteiger partial charge in [-0.25, -0.2) is 4.98 Å². The van der Waals surface area contributed by atoms with Gasteiger partial charge in [-0.15, -0.1) is 0 Å². The van der Waals surface area contributed by atoms with Crippen LogP contribution in [-0.2, 0) is 0 Å². The van der Waals surface area contributed by atoms with E-state index in [0.29, 0.717) is 0 Å². The number of anilines is 1. The smallest absolute Gasteiger partial charge is 0.204 e. The minimum absolute atomic E-state index is 0.893. The molecule has 0 radical (unpaired) electrons. The van der Waals surface area contributed by atoms with Crippen LogP contribution >= 0.6 is 11.3 Å². The fraction of sp³-hybridized carbons (Fsp3) is 0.385. The molecule has 3 nitrogen and oxygen atoms in total. The van der Waals surface area contributed by atoms with Crippen molar-refractivity contribution in [3.8, 4) is 0 Å². The van der Waals surface area contributed by atoms with Crippen molar-refractivity contribution in [2.45, 2.75) is 32.1 Å². The SMILES string of the molecule is c1ccc2sc(NN=C3CCCCC3)nc2c1. The predicted octanol–water partition coefficient (Wildman–Crippen LogP) is 4.03. The number of aromatic nitrogens is 1. The van der Waals surface area contributed by atoms with E-state index in [2.05, 4.69) is 21.6 Å². The number of para-hydroxylation sites is 1. The second-order valence-corrected chi connectivity index (χ2v) is 5.37. The summed E-state index contributed by atoms with van der Waals surface area (Å²) in [4.78, 5) is 4.50. The summed E-state index contributed by atoms with van der Waals surface area (Å²) in [7, 11) is 0. The van der Waals surface area contributed by atoms with Crippen LogP contribution in [0.4, 0.5) is 5.13 Å². The summed E-state index contributed by atoms with van der Waals surface area (Å²) in [5, 5.41) is 5.36. The third-order valence-electron chi connectivity index (χ3n) is 3.03. The number of fused-ring (bicyclic) bond motifs is 1. The monoisotopic (exact) mass is 245 g/mol. The van der Waals surface area contributed by atoms with Crippen LogP contribution in [0.3, 0.4) is 0 Å². The summed E-state index contributed by atoms with van der Waals surface area (Å²) in [5.74, 6) is 0. The van der Waals surface area contributed by atoms with Gasteiger partial charge in [-0.2, -0.15) is 5.10 Å². The van der Waals surface area contributed by atoms with Gasteiger partial charge in [-0.05, 0) is 37.8 Å². The molecule has 17 heavy (non-hydrogen) atoms. The first kappa shape index (κ1) is 10.7. The van der Waals surface area contributed by atoms with Crippen molar-refractivity contribution in [1.82, 2.24) is 4.98 Å². The van der Waals surface area contributed by atoms with Crippen molar-refractivity contribution in [2.24, 2.45) is 5.10 Å². The largest absolute Gasteiger partial charge is 0.253 e. The van der Waals surface area contributed by atoms with Gasteiger partial charge in [0.2, 0.25) is 5.13 Å². The number of hydrazone groups is 1. The number of benzene rings is 1. The van der Waals surface area contributed by atoms with Crippen molar-refractivity contribution >= 4 is 32.4 Å². The second kappa shape index (κ2) is 4.84. The zero-order valence-corrected chi connectivity index (χ0v) is 10.5. The number of hydrogen-bond donors (Lipinski definition) is 1. The van der Waals surface area contributed by atoms with E-state index in [4.69, 9.17) is 0 Å². The minimum Gasteiger partial charge on any atom is -0.253 e. The molecule has 1 N–H and O–H groups in total. The number of nitrogens with one attached hydrogen (secondary N) is 1. The van der Waals surface area contributed by atoms with Gasteiger partial charge in [0.05, 0.1) is 10.2 Å². The van der Waals surface area contributed by atoms with Gasteiger partial charge in [0.25, 0.3) is 0 Å². The molecule has 1 aromatic heterocycles. The van der Waals surface area contributed by atoms with Crippen molar-refractivity contribution in [2.75, 3.05) is 5.43 Å². The summed E-state index contributed by atoms with van der Waals surface area (Å²) >= 11 is 1.66. The normalized spacial score (nSPS) is 16.1. The Hall–Kier alpha value is -1.42. The molecule has 1 aliphatic carbocycles. The van der Waals surface area contributed by atoms with Crippen molar-refractivity contribution in [1.29, 1.82) is 0 Å². The van der Waals surface area contributed by atoms with Crippen LogP contribution in [0.5, 0.6) is 0 Å². The van der Waals surface area contributed by atoms with Crippen LogP contribution in [0.1, 0.15) is 32.1 Å². The van der Waals surface area contributed by atoms with E-state index >= 15 is 0 Å². The predicted molar refractivity (Wildman–Crippen MR) is 73.8 cm³/mol. The topological polar surface area (TPSA) is 37.3 Å². The van der Waals surface area contributed by atoms with Gasteiger partial charge in [0.1, 0.15) is 0 Å². The van der Waals surface area contributed by atoms with E-state index < -0.39 is 0 Å². The van der Waals surface area contributed by atoms with E-state index in [9.17, 15) is 0 Å². The third kappa shape index (κ3) is 2.47. The Morgan fingerprint density at radius 3 is 2.76 bits per heavy atom. The Labute approximate surface area is 105 Å². The fourth-order valence-corrected chi connectivity index (χ4v) is 2.93. The van der Waals surface area contributed by atoms with Gasteiger partial charge in [-0.1, -0.05) is 29.9 Å². The molecule has 3 rings (SSSR count). The standard InChI is InChI=1S/C13H15N3S/c1-2-6-10(7-3-1)15-16-13-14-11-8-4-5-9-12(11)17-13/h4-5,8-9H,1-3,6-7H2,(H,14,16). The highest BCUT2D eigenvalue weighted by Gasteiger charge is 2.07. The molecule has 1 heterocycles. The summed E-state index contributed by atoms with van der Waals surface area (Å²) in [6, 6.07) is 8.17. The first-order chi connectivity index (χ1) is 8.42. The first-order valence-electron chi connectivity index (χ1n) is 6.09. The van der Waals surface area contributed by atoms with Gasteiger partial charge in [-0.3, -0.25) is 5.43 Å². The molecule has 0 saturated heterocycles. The van der Waals surface area contributed by atoms with Gasteiger partial charge >= 0.3 is 0 Å². The molecule has 88 valence electrons. The molecule has 0 amide bonds. The Balaban J connectivity index is 1.76. The molecular formula is C13H15N3S. The highest BCUT2D eigenvalue weighted by molar-refractivity contribution is 7.22. The zero-order valence-electron chi connectivity index (χ0n) is 9.65. The van der Waals surface area contributed by atoms with Gasteiger partial charge < -0.3 is 0 Å². The lowest BCUT2D eigenvalue weighted by atomic mass is 9.99. The molecule has 1 aromatic carbocycles. The van der Waals surface area contributed by atoms with Crippen LogP contribution in [0.2, 0.25) is 0 Å². The molecule has 2 aromatic rings. The molecule has 0 unspecified atom stereocenters. The van der Waals surface area contributed by atoms with E-state index in [1.165, 1.54) is 29.7 Å². The Bertz CT molecular complexity index is 503. The maximum absolute atomic E-state index is 4.50. The Kier molecular flexibility index (Phi) is 3.05. The van der Waals surface area contributed by atoms with Crippen LogP contribution in [0.15, 0.2) is 29.4 Å². The molecule has 0 spiro atoms. The second-order valence-electron chi connectivity index (χ2n) is 4.34. The van der Waals surface area contributed by atoms with Crippen molar-refractivity contribution < 1.29 is 0 Å². The van der Waals surface area contributed by atoms with Gasteiger partial charge in [0.15, 0.2) is 0 Å². The number of hydrogen-bond acceptors (Lipinski definition) is 4. The highest BCUT2D eigenvalue weighted by Crippen LogP contribution is 2.25. The molecular weight excluding hydrogens is 230 g/mol. The Morgan fingerprint density at radius 2 is 1.94 bits per heavy atom. The van der Waals surface area contributed by atoms with Crippen LogP contribution < -0.4 is 5.43 Å². The Morgan fingerprint density at radius 1 is 1.12 bits per heavy atom. The minimum atomic E-state index is 0.893. The van der Waals surface area contributed by atoms with Gasteiger partial charge in [0, 0.05) is 5.71 Å². The lowest BCUT2D eigenvalue weighted by Crippen LogP contribution is -2.06. The van der Waals surface area contributed by atoms with Crippen LogP contribution in [0, 0.1) is 0 Å². The van der Waals surface area contributed by atoms with Crippen molar-refractivity contribution in [3.63, 3.8) is 0 Å².